The van der Waals surface area contributed by atoms with Gasteiger partial charge in [0.25, 0.3) is 0 Å². The first kappa shape index (κ1) is 9.79. The molecule has 0 saturated carbocycles. The quantitative estimate of drug-likeness (QED) is 0.710. The molecule has 1 atom stereocenters. The zero-order valence-electron chi connectivity index (χ0n) is 8.36. The van der Waals surface area contributed by atoms with E-state index in [9.17, 15) is 0 Å². The van der Waals surface area contributed by atoms with Crippen molar-refractivity contribution in [3.05, 3.63) is 18.0 Å². The first-order valence-corrected chi connectivity index (χ1v) is 4.56. The average molecular weight is 177 g/mol. The Morgan fingerprint density at radius 2 is 2.23 bits per heavy atom. The molecule has 0 aliphatic rings. The molecule has 0 aromatic carbocycles. The van der Waals surface area contributed by atoms with Gasteiger partial charge < -0.3 is 0 Å². The topological polar surface area (TPSA) is 41.6 Å². The molecule has 0 N–H and O–H groups in total. The summed E-state index contributed by atoms with van der Waals surface area (Å²) < 4.78 is 1.90. The van der Waals surface area contributed by atoms with E-state index < -0.39 is 0 Å². The molecule has 1 heterocycles. The normalized spacial score (nSPS) is 12.8. The van der Waals surface area contributed by atoms with Crippen LogP contribution in [0.5, 0.6) is 0 Å². The van der Waals surface area contributed by atoms with E-state index in [2.05, 4.69) is 25.0 Å². The van der Waals surface area contributed by atoms with Crippen LogP contribution in [0.1, 0.15) is 32.4 Å². The molecular weight excluding hydrogens is 162 g/mol. The van der Waals surface area contributed by atoms with Crippen molar-refractivity contribution in [1.29, 1.82) is 5.26 Å². The van der Waals surface area contributed by atoms with Gasteiger partial charge in [-0.05, 0) is 18.9 Å². The van der Waals surface area contributed by atoms with Gasteiger partial charge in [0.1, 0.15) is 0 Å². The molecule has 3 heteroatoms. The number of hydrogen-bond acceptors (Lipinski definition) is 2. The largest absolute Gasteiger partial charge is 0.272 e. The number of aromatic nitrogens is 2. The zero-order chi connectivity index (χ0) is 9.84. The lowest BCUT2D eigenvalue weighted by Crippen LogP contribution is -2.05. The van der Waals surface area contributed by atoms with Gasteiger partial charge >= 0.3 is 0 Å². The van der Waals surface area contributed by atoms with Gasteiger partial charge in [-0.1, -0.05) is 13.8 Å². The molecule has 0 fully saturated rings. The first-order chi connectivity index (χ1) is 6.13. The second-order valence-electron chi connectivity index (χ2n) is 3.71. The number of rotatable bonds is 3. The van der Waals surface area contributed by atoms with Gasteiger partial charge in [-0.15, -0.1) is 0 Å². The van der Waals surface area contributed by atoms with E-state index in [0.717, 1.165) is 12.2 Å². The smallest absolute Gasteiger partial charge is 0.0875 e. The van der Waals surface area contributed by atoms with Crippen LogP contribution in [0, 0.1) is 17.2 Å². The van der Waals surface area contributed by atoms with Crippen LogP contribution in [-0.2, 0) is 6.54 Å². The minimum absolute atomic E-state index is 0.103. The summed E-state index contributed by atoms with van der Waals surface area (Å²) in [7, 11) is 0. The Labute approximate surface area is 79.0 Å². The molecule has 70 valence electrons. The van der Waals surface area contributed by atoms with Crippen LogP contribution < -0.4 is 0 Å². The van der Waals surface area contributed by atoms with Crippen molar-refractivity contribution >= 4 is 0 Å². The Morgan fingerprint density at radius 3 is 2.77 bits per heavy atom. The van der Waals surface area contributed by atoms with Gasteiger partial charge in [0, 0.05) is 12.7 Å². The third-order valence-electron chi connectivity index (χ3n) is 1.85. The molecule has 13 heavy (non-hydrogen) atoms. The molecule has 0 saturated heterocycles. The summed E-state index contributed by atoms with van der Waals surface area (Å²) in [4.78, 5) is 0. The molecule has 1 unspecified atom stereocenters. The standard InChI is InChI=1S/C10H15N3/c1-8(2)7-13-5-4-10(12-13)9(3)6-11/h4-5,8-9H,7H2,1-3H3. The van der Waals surface area contributed by atoms with Crippen LogP contribution in [0.4, 0.5) is 0 Å². The summed E-state index contributed by atoms with van der Waals surface area (Å²) in [5.74, 6) is 0.485. The fourth-order valence-electron chi connectivity index (χ4n) is 1.15. The first-order valence-electron chi connectivity index (χ1n) is 4.56. The molecule has 0 bridgehead atoms. The molecule has 1 aromatic heterocycles. The van der Waals surface area contributed by atoms with Crippen LogP contribution in [0.3, 0.4) is 0 Å². The van der Waals surface area contributed by atoms with Crippen molar-refractivity contribution in [3.63, 3.8) is 0 Å². The number of nitrogens with zero attached hydrogens (tertiary/aromatic N) is 3. The maximum atomic E-state index is 8.68. The molecule has 0 spiro atoms. The lowest BCUT2D eigenvalue weighted by Gasteiger charge is -2.03. The highest BCUT2D eigenvalue weighted by Crippen LogP contribution is 2.11. The highest BCUT2D eigenvalue weighted by atomic mass is 15.3. The maximum Gasteiger partial charge on any atom is 0.0875 e. The van der Waals surface area contributed by atoms with Gasteiger partial charge in [0.15, 0.2) is 0 Å². The fraction of sp³-hybridized carbons (Fsp3) is 0.600. The third kappa shape index (κ3) is 2.59. The molecule has 1 aromatic rings. The highest BCUT2D eigenvalue weighted by molar-refractivity contribution is 5.12. The Bertz CT molecular complexity index is 306. The van der Waals surface area contributed by atoms with Gasteiger partial charge in [0.05, 0.1) is 17.7 Å². The predicted molar refractivity (Wildman–Crippen MR) is 51.1 cm³/mol. The average Bonchev–Trinajstić information content (AvgIpc) is 2.50. The Hall–Kier alpha value is -1.30. The number of nitriles is 1. The van der Waals surface area contributed by atoms with Crippen LogP contribution in [-0.4, -0.2) is 9.78 Å². The molecule has 0 amide bonds. The van der Waals surface area contributed by atoms with Crippen LogP contribution >= 0.6 is 0 Å². The van der Waals surface area contributed by atoms with Crippen LogP contribution in [0.25, 0.3) is 0 Å². The summed E-state index contributed by atoms with van der Waals surface area (Å²) in [5.41, 5.74) is 0.864. The highest BCUT2D eigenvalue weighted by Gasteiger charge is 2.07. The van der Waals surface area contributed by atoms with Crippen molar-refractivity contribution in [3.8, 4) is 6.07 Å². The third-order valence-corrected chi connectivity index (χ3v) is 1.85. The molecular formula is C10H15N3. The summed E-state index contributed by atoms with van der Waals surface area (Å²) in [5, 5.41) is 13.0. The lowest BCUT2D eigenvalue weighted by molar-refractivity contribution is 0.479. The minimum Gasteiger partial charge on any atom is -0.272 e. The maximum absolute atomic E-state index is 8.68. The van der Waals surface area contributed by atoms with Crippen LogP contribution in [0.15, 0.2) is 12.3 Å². The van der Waals surface area contributed by atoms with E-state index >= 15 is 0 Å². The fourth-order valence-corrected chi connectivity index (χ4v) is 1.15. The lowest BCUT2D eigenvalue weighted by atomic mass is 10.1. The van der Waals surface area contributed by atoms with E-state index in [1.165, 1.54) is 0 Å². The van der Waals surface area contributed by atoms with E-state index in [4.69, 9.17) is 5.26 Å². The second-order valence-corrected chi connectivity index (χ2v) is 3.71. The second kappa shape index (κ2) is 4.08. The summed E-state index contributed by atoms with van der Waals surface area (Å²) >= 11 is 0. The van der Waals surface area contributed by atoms with Gasteiger partial charge in [-0.2, -0.15) is 10.4 Å². The van der Waals surface area contributed by atoms with Crippen molar-refractivity contribution in [2.24, 2.45) is 5.92 Å². The zero-order valence-corrected chi connectivity index (χ0v) is 8.36. The SMILES string of the molecule is CC(C)Cn1ccc(C(C)C#N)n1. The number of hydrogen-bond donors (Lipinski definition) is 0. The molecule has 3 nitrogen and oxygen atoms in total. The summed E-state index contributed by atoms with van der Waals surface area (Å²) in [6, 6.07) is 4.08. The van der Waals surface area contributed by atoms with Crippen molar-refractivity contribution in [2.45, 2.75) is 33.2 Å². The minimum atomic E-state index is -0.103. The monoisotopic (exact) mass is 177 g/mol. The van der Waals surface area contributed by atoms with E-state index in [1.807, 2.05) is 23.9 Å². The molecule has 1 rings (SSSR count). The van der Waals surface area contributed by atoms with E-state index in [1.54, 1.807) is 0 Å². The van der Waals surface area contributed by atoms with Gasteiger partial charge in [-0.25, -0.2) is 0 Å². The molecule has 0 aliphatic carbocycles. The van der Waals surface area contributed by atoms with Crippen molar-refractivity contribution in [1.82, 2.24) is 9.78 Å². The van der Waals surface area contributed by atoms with Crippen LogP contribution in [0.2, 0.25) is 0 Å². The van der Waals surface area contributed by atoms with E-state index in [-0.39, 0.29) is 5.92 Å². The summed E-state index contributed by atoms with van der Waals surface area (Å²) in [6.07, 6.45) is 1.93. The Kier molecular flexibility index (Phi) is 3.07. The van der Waals surface area contributed by atoms with Gasteiger partial charge in [-0.3, -0.25) is 4.68 Å². The van der Waals surface area contributed by atoms with Crippen molar-refractivity contribution in [2.75, 3.05) is 0 Å². The van der Waals surface area contributed by atoms with Gasteiger partial charge in [0.2, 0.25) is 0 Å². The van der Waals surface area contributed by atoms with Crippen molar-refractivity contribution < 1.29 is 0 Å². The molecule has 0 radical (unpaired) electrons. The molecule has 0 aliphatic heterocycles. The Morgan fingerprint density at radius 1 is 1.54 bits per heavy atom. The predicted octanol–water partition coefficient (Wildman–Crippen LogP) is 2.17. The summed E-state index contributed by atoms with van der Waals surface area (Å²) in [6.45, 7) is 7.07. The van der Waals surface area contributed by atoms with E-state index in [0.29, 0.717) is 5.92 Å². The Balaban J connectivity index is 2.70.